The van der Waals surface area contributed by atoms with E-state index < -0.39 is 7.35 Å². The van der Waals surface area contributed by atoms with Crippen molar-refractivity contribution in [1.82, 2.24) is 14.8 Å². The SMILES string of the molecule is Cn1ncnc1P(OCCC#N)Sc1ccccc1. The molecule has 19 heavy (non-hydrogen) atoms. The molecule has 0 bridgehead atoms. The zero-order valence-corrected chi connectivity index (χ0v) is 12.1. The minimum absolute atomic E-state index is 0.381. The van der Waals surface area contributed by atoms with Gasteiger partial charge in [0.1, 0.15) is 6.33 Å². The molecule has 0 N–H and O–H groups in total. The van der Waals surface area contributed by atoms with Crippen LogP contribution in [0.2, 0.25) is 0 Å². The Kier molecular flexibility index (Phi) is 5.34. The fraction of sp³-hybridized carbons (Fsp3) is 0.250. The first-order valence-corrected chi connectivity index (χ1v) is 8.36. The molecule has 0 spiro atoms. The van der Waals surface area contributed by atoms with Crippen LogP contribution in [-0.4, -0.2) is 21.4 Å². The summed E-state index contributed by atoms with van der Waals surface area (Å²) in [6.07, 6.45) is 1.90. The van der Waals surface area contributed by atoms with Gasteiger partial charge in [0.05, 0.1) is 19.1 Å². The summed E-state index contributed by atoms with van der Waals surface area (Å²) in [7, 11) is 0.872. The van der Waals surface area contributed by atoms with E-state index in [1.807, 2.05) is 37.4 Å². The smallest absolute Gasteiger partial charge is 0.188 e. The summed E-state index contributed by atoms with van der Waals surface area (Å²) in [5.41, 5.74) is 0.807. The minimum Gasteiger partial charge on any atom is -0.340 e. The number of benzene rings is 1. The van der Waals surface area contributed by atoms with E-state index in [9.17, 15) is 0 Å². The Balaban J connectivity index is 2.11. The van der Waals surface area contributed by atoms with Crippen LogP contribution >= 0.6 is 18.7 Å². The molecule has 1 unspecified atom stereocenters. The predicted octanol–water partition coefficient (Wildman–Crippen LogP) is 2.47. The molecule has 5 nitrogen and oxygen atoms in total. The highest BCUT2D eigenvalue weighted by atomic mass is 32.7. The Hall–Kier alpha value is -1.41. The molecule has 0 radical (unpaired) electrons. The zero-order valence-electron chi connectivity index (χ0n) is 10.4. The van der Waals surface area contributed by atoms with Crippen LogP contribution in [0.15, 0.2) is 41.6 Å². The third-order valence-electron chi connectivity index (χ3n) is 2.20. The number of rotatable bonds is 6. The lowest BCUT2D eigenvalue weighted by molar-refractivity contribution is 0.373. The normalized spacial score (nSPS) is 12.0. The highest BCUT2D eigenvalue weighted by Gasteiger charge is 2.19. The van der Waals surface area contributed by atoms with Crippen molar-refractivity contribution < 1.29 is 4.52 Å². The molecule has 7 heteroatoms. The second-order valence-electron chi connectivity index (χ2n) is 3.59. The maximum Gasteiger partial charge on any atom is 0.188 e. The second kappa shape index (κ2) is 7.25. The number of hydrogen-bond donors (Lipinski definition) is 0. The van der Waals surface area contributed by atoms with Crippen molar-refractivity contribution in [3.05, 3.63) is 36.7 Å². The Morgan fingerprint density at radius 3 is 2.84 bits per heavy atom. The number of aryl methyl sites for hydroxylation is 1. The maximum absolute atomic E-state index is 8.59. The van der Waals surface area contributed by atoms with Crippen LogP contribution in [0.25, 0.3) is 0 Å². The molecule has 0 fully saturated rings. The van der Waals surface area contributed by atoms with Crippen LogP contribution in [0.3, 0.4) is 0 Å². The van der Waals surface area contributed by atoms with E-state index in [0.29, 0.717) is 13.0 Å². The number of nitrogens with zero attached hydrogens (tertiary/aromatic N) is 4. The number of hydrogen-bond acceptors (Lipinski definition) is 5. The standard InChI is InChI=1S/C12H13N4OPS/c1-16-12(14-10-15-16)18(17-9-5-8-13)19-11-6-3-2-4-7-11/h2-4,6-7,10H,5,9H2,1H3. The fourth-order valence-electron chi connectivity index (χ4n) is 1.33. The van der Waals surface area contributed by atoms with Gasteiger partial charge in [-0.1, -0.05) is 29.6 Å². The van der Waals surface area contributed by atoms with Crippen LogP contribution in [0, 0.1) is 11.3 Å². The van der Waals surface area contributed by atoms with Crippen molar-refractivity contribution in [3.63, 3.8) is 0 Å². The Morgan fingerprint density at radius 1 is 1.42 bits per heavy atom. The monoisotopic (exact) mass is 292 g/mol. The van der Waals surface area contributed by atoms with E-state index in [1.54, 1.807) is 16.1 Å². The molecule has 1 heterocycles. The molecule has 0 saturated carbocycles. The molecule has 0 aliphatic heterocycles. The van der Waals surface area contributed by atoms with Crippen LogP contribution in [0.5, 0.6) is 0 Å². The van der Waals surface area contributed by atoms with E-state index >= 15 is 0 Å². The first kappa shape index (κ1) is 14.0. The zero-order chi connectivity index (χ0) is 13.5. The summed E-state index contributed by atoms with van der Waals surface area (Å²) in [5, 5.41) is 12.7. The van der Waals surface area contributed by atoms with E-state index in [0.717, 1.165) is 10.5 Å². The van der Waals surface area contributed by atoms with Crippen LogP contribution < -0.4 is 5.57 Å². The predicted molar refractivity (Wildman–Crippen MR) is 76.0 cm³/mol. The van der Waals surface area contributed by atoms with Gasteiger partial charge in [0.2, 0.25) is 0 Å². The van der Waals surface area contributed by atoms with E-state index in [4.69, 9.17) is 9.79 Å². The average molecular weight is 292 g/mol. The summed E-state index contributed by atoms with van der Waals surface area (Å²) in [6.45, 7) is 0.412. The summed E-state index contributed by atoms with van der Waals surface area (Å²) >= 11 is 1.62. The third-order valence-corrected chi connectivity index (χ3v) is 5.94. The molecule has 2 aromatic rings. The van der Waals surface area contributed by atoms with Crippen molar-refractivity contribution in [2.75, 3.05) is 6.61 Å². The first-order chi connectivity index (χ1) is 9.31. The Labute approximate surface area is 117 Å². The van der Waals surface area contributed by atoms with Crippen LogP contribution in [0.4, 0.5) is 0 Å². The first-order valence-electron chi connectivity index (χ1n) is 5.68. The molecular weight excluding hydrogens is 279 g/mol. The molecule has 0 aliphatic carbocycles. The molecule has 0 saturated heterocycles. The Morgan fingerprint density at radius 2 is 2.21 bits per heavy atom. The maximum atomic E-state index is 8.59. The Bertz CT molecular complexity index is 554. The van der Waals surface area contributed by atoms with Gasteiger partial charge in [-0.3, -0.25) is 0 Å². The summed E-state index contributed by atoms with van der Waals surface area (Å²) in [6, 6.07) is 12.1. The lowest BCUT2D eigenvalue weighted by atomic mass is 10.4. The van der Waals surface area contributed by atoms with Gasteiger partial charge < -0.3 is 4.52 Å². The quantitative estimate of drug-likeness (QED) is 0.604. The lowest BCUT2D eigenvalue weighted by Gasteiger charge is -2.14. The molecular formula is C12H13N4OPS. The van der Waals surface area contributed by atoms with E-state index in [1.165, 1.54) is 6.33 Å². The van der Waals surface area contributed by atoms with Gasteiger partial charge in [0, 0.05) is 11.9 Å². The van der Waals surface area contributed by atoms with Gasteiger partial charge >= 0.3 is 0 Å². The number of aromatic nitrogens is 3. The molecule has 0 aliphatic rings. The van der Waals surface area contributed by atoms with Crippen molar-refractivity contribution in [2.45, 2.75) is 11.3 Å². The van der Waals surface area contributed by atoms with Crippen LogP contribution in [0.1, 0.15) is 6.42 Å². The van der Waals surface area contributed by atoms with Gasteiger partial charge in [-0.25, -0.2) is 9.67 Å². The third kappa shape index (κ3) is 4.03. The highest BCUT2D eigenvalue weighted by molar-refractivity contribution is 8.56. The lowest BCUT2D eigenvalue weighted by Crippen LogP contribution is -2.15. The van der Waals surface area contributed by atoms with Gasteiger partial charge in [-0.15, -0.1) is 0 Å². The van der Waals surface area contributed by atoms with E-state index in [-0.39, 0.29) is 0 Å². The van der Waals surface area contributed by atoms with Crippen molar-refractivity contribution in [3.8, 4) is 6.07 Å². The van der Waals surface area contributed by atoms with E-state index in [2.05, 4.69) is 16.2 Å². The van der Waals surface area contributed by atoms with Gasteiger partial charge in [-0.05, 0) is 12.1 Å². The topological polar surface area (TPSA) is 63.7 Å². The second-order valence-corrected chi connectivity index (χ2v) is 6.96. The molecule has 0 amide bonds. The summed E-state index contributed by atoms with van der Waals surface area (Å²) in [5.74, 6) is 0. The summed E-state index contributed by atoms with van der Waals surface area (Å²) in [4.78, 5) is 5.36. The van der Waals surface area contributed by atoms with Gasteiger partial charge in [0.25, 0.3) is 0 Å². The van der Waals surface area contributed by atoms with Gasteiger partial charge in [0.15, 0.2) is 12.9 Å². The van der Waals surface area contributed by atoms with Crippen molar-refractivity contribution >= 4 is 24.3 Å². The molecule has 98 valence electrons. The minimum atomic E-state index is -0.973. The average Bonchev–Trinajstić information content (AvgIpc) is 2.85. The van der Waals surface area contributed by atoms with Crippen molar-refractivity contribution in [1.29, 1.82) is 5.26 Å². The fourth-order valence-corrected chi connectivity index (χ4v) is 4.80. The molecule has 1 atom stereocenters. The van der Waals surface area contributed by atoms with Crippen molar-refractivity contribution in [2.24, 2.45) is 7.05 Å². The molecule has 1 aromatic carbocycles. The summed E-state index contributed by atoms with van der Waals surface area (Å²) < 4.78 is 7.51. The molecule has 2 rings (SSSR count). The van der Waals surface area contributed by atoms with Gasteiger partial charge in [-0.2, -0.15) is 10.4 Å². The number of nitriles is 1. The molecule has 1 aromatic heterocycles. The largest absolute Gasteiger partial charge is 0.340 e. The van der Waals surface area contributed by atoms with Crippen LogP contribution in [-0.2, 0) is 11.6 Å². The highest BCUT2D eigenvalue weighted by Crippen LogP contribution is 2.53.